The van der Waals surface area contributed by atoms with E-state index in [2.05, 4.69) is 0 Å². The zero-order chi connectivity index (χ0) is 8.74. The summed E-state index contributed by atoms with van der Waals surface area (Å²) >= 11 is 1.65. The quantitative estimate of drug-likeness (QED) is 0.597. The van der Waals surface area contributed by atoms with E-state index in [4.69, 9.17) is 13.3 Å². The summed E-state index contributed by atoms with van der Waals surface area (Å²) in [5, 5.41) is 0.771. The van der Waals surface area contributed by atoms with E-state index in [-0.39, 0.29) is 0 Å². The van der Waals surface area contributed by atoms with Crippen molar-refractivity contribution in [3.05, 3.63) is 5.75 Å². The Bertz CT molecular complexity index is 89.6. The maximum atomic E-state index is 5.19. The van der Waals surface area contributed by atoms with Crippen LogP contribution >= 0.6 is 11.8 Å². The number of hydrogen-bond acceptors (Lipinski definition) is 4. The van der Waals surface area contributed by atoms with Gasteiger partial charge in [0, 0.05) is 27.1 Å². The van der Waals surface area contributed by atoms with Crippen LogP contribution in [0, 0.1) is 5.75 Å². The molecule has 0 aromatic carbocycles. The Morgan fingerprint density at radius 2 is 1.64 bits per heavy atom. The van der Waals surface area contributed by atoms with Crippen molar-refractivity contribution in [2.45, 2.75) is 6.92 Å². The van der Waals surface area contributed by atoms with Crippen LogP contribution in [0.1, 0.15) is 6.92 Å². The normalized spacial score (nSPS) is 12.0. The number of rotatable bonds is 6. The molecule has 1 radical (unpaired) electrons. The van der Waals surface area contributed by atoms with Crippen molar-refractivity contribution in [2.24, 2.45) is 0 Å². The number of hydrogen-bond donors (Lipinski definition) is 0. The highest BCUT2D eigenvalue weighted by Gasteiger charge is 2.37. The summed E-state index contributed by atoms with van der Waals surface area (Å²) in [6.45, 7) is 1.98. The molecule has 0 aromatic heterocycles. The molecule has 0 aliphatic heterocycles. The highest BCUT2D eigenvalue weighted by atomic mass is 32.2. The lowest BCUT2D eigenvalue weighted by atomic mass is 11.0. The number of thioether (sulfide) groups is 1. The molecule has 67 valence electrons. The zero-order valence-electron chi connectivity index (χ0n) is 7.42. The lowest BCUT2D eigenvalue weighted by Gasteiger charge is -2.23. The minimum Gasteiger partial charge on any atom is -0.376 e. The molecule has 3 nitrogen and oxygen atoms in total. The third-order valence-corrected chi connectivity index (χ3v) is 5.64. The van der Waals surface area contributed by atoms with Crippen LogP contribution in [0.3, 0.4) is 0 Å². The van der Waals surface area contributed by atoms with E-state index in [1.54, 1.807) is 33.1 Å². The van der Waals surface area contributed by atoms with Gasteiger partial charge in [-0.25, -0.2) is 0 Å². The highest BCUT2D eigenvalue weighted by Crippen LogP contribution is 2.15. The Morgan fingerprint density at radius 1 is 1.18 bits per heavy atom. The van der Waals surface area contributed by atoms with Crippen LogP contribution in [0.4, 0.5) is 0 Å². The van der Waals surface area contributed by atoms with E-state index in [1.807, 2.05) is 12.7 Å². The van der Waals surface area contributed by atoms with E-state index in [0.29, 0.717) is 0 Å². The van der Waals surface area contributed by atoms with Gasteiger partial charge in [0.05, 0.1) is 5.38 Å². The summed E-state index contributed by atoms with van der Waals surface area (Å²) in [4.78, 5) is 0. The molecule has 0 amide bonds. The topological polar surface area (TPSA) is 27.7 Å². The molecule has 0 unspecified atom stereocenters. The summed E-state index contributed by atoms with van der Waals surface area (Å²) in [5.41, 5.74) is 0. The second-order valence-electron chi connectivity index (χ2n) is 1.84. The molecule has 0 heterocycles. The van der Waals surface area contributed by atoms with Gasteiger partial charge in [-0.1, -0.05) is 6.92 Å². The summed E-state index contributed by atoms with van der Waals surface area (Å²) in [5.74, 6) is 2.00. The van der Waals surface area contributed by atoms with Gasteiger partial charge in [0.2, 0.25) is 0 Å². The van der Waals surface area contributed by atoms with E-state index in [9.17, 15) is 0 Å². The minimum absolute atomic E-state index is 0.771. The summed E-state index contributed by atoms with van der Waals surface area (Å²) in [6.07, 6.45) is 0. The minimum atomic E-state index is -2.31. The Morgan fingerprint density at radius 3 is 1.91 bits per heavy atom. The molecule has 0 N–H and O–H groups in total. The monoisotopic (exact) mass is 195 g/mol. The molecule has 0 aliphatic carbocycles. The molecule has 5 heteroatoms. The van der Waals surface area contributed by atoms with Crippen molar-refractivity contribution < 1.29 is 13.3 Å². The van der Waals surface area contributed by atoms with Crippen molar-refractivity contribution in [1.29, 1.82) is 0 Å². The van der Waals surface area contributed by atoms with Gasteiger partial charge in [-0.3, -0.25) is 0 Å². The fourth-order valence-electron chi connectivity index (χ4n) is 0.612. The van der Waals surface area contributed by atoms with Gasteiger partial charge in [0.25, 0.3) is 0 Å². The van der Waals surface area contributed by atoms with Crippen LogP contribution in [0.5, 0.6) is 0 Å². The predicted molar refractivity (Wildman–Crippen MR) is 49.2 cm³/mol. The van der Waals surface area contributed by atoms with Gasteiger partial charge in [-0.2, -0.15) is 11.8 Å². The van der Waals surface area contributed by atoms with Gasteiger partial charge >= 0.3 is 8.80 Å². The maximum absolute atomic E-state index is 5.19. The van der Waals surface area contributed by atoms with Crippen LogP contribution < -0.4 is 0 Å². The van der Waals surface area contributed by atoms with Crippen LogP contribution in [0.2, 0.25) is 0 Å². The summed E-state index contributed by atoms with van der Waals surface area (Å²) in [6, 6.07) is 0. The first-order valence-electron chi connectivity index (χ1n) is 3.29. The van der Waals surface area contributed by atoms with Crippen molar-refractivity contribution >= 4 is 20.6 Å². The van der Waals surface area contributed by atoms with Crippen molar-refractivity contribution in [2.75, 3.05) is 26.7 Å². The average molecular weight is 195 g/mol. The molecule has 0 rings (SSSR count). The highest BCUT2D eigenvalue weighted by molar-refractivity contribution is 8.02. The molecule has 0 saturated heterocycles. The van der Waals surface area contributed by atoms with Crippen LogP contribution in [0.15, 0.2) is 0 Å². The molecule has 0 fully saturated rings. The van der Waals surface area contributed by atoms with Crippen LogP contribution in [-0.4, -0.2) is 35.5 Å². The van der Waals surface area contributed by atoms with Crippen molar-refractivity contribution in [1.82, 2.24) is 0 Å². The molecular formula is C6H15O3SSi. The van der Waals surface area contributed by atoms with Gasteiger partial charge in [0.1, 0.15) is 0 Å². The first-order chi connectivity index (χ1) is 5.24. The van der Waals surface area contributed by atoms with Crippen molar-refractivity contribution in [3.63, 3.8) is 0 Å². The molecule has 0 aliphatic rings. The first-order valence-corrected chi connectivity index (χ1v) is 6.27. The maximum Gasteiger partial charge on any atom is 0.510 e. The molecule has 0 saturated carbocycles. The first kappa shape index (κ1) is 11.4. The second-order valence-corrected chi connectivity index (χ2v) is 6.39. The molecule has 0 spiro atoms. The van der Waals surface area contributed by atoms with Gasteiger partial charge in [0.15, 0.2) is 0 Å². The molecule has 11 heavy (non-hydrogen) atoms. The molecule has 0 bridgehead atoms. The standard InChI is InChI=1S/C6H15O3SSi/c1-5-10-6-11(7-2,8-3)9-4/h5H,6H2,1-4H3. The third-order valence-electron chi connectivity index (χ3n) is 1.36. The largest absolute Gasteiger partial charge is 0.510 e. The molecular weight excluding hydrogens is 180 g/mol. The van der Waals surface area contributed by atoms with Crippen LogP contribution in [0.25, 0.3) is 0 Å². The Balaban J connectivity index is 3.84. The molecule has 0 aromatic rings. The second kappa shape index (κ2) is 6.02. The van der Waals surface area contributed by atoms with Crippen LogP contribution in [-0.2, 0) is 13.3 Å². The Labute approximate surface area is 73.8 Å². The molecule has 0 atom stereocenters. The fraction of sp³-hybridized carbons (Fsp3) is 0.833. The van der Waals surface area contributed by atoms with E-state index < -0.39 is 8.80 Å². The van der Waals surface area contributed by atoms with Gasteiger partial charge in [-0.05, 0) is 0 Å². The SMILES string of the molecule is C[CH]SC[Si](OC)(OC)OC. The fourth-order valence-corrected chi connectivity index (χ4v) is 4.01. The lowest BCUT2D eigenvalue weighted by Crippen LogP contribution is -2.46. The summed E-state index contributed by atoms with van der Waals surface area (Å²) < 4.78 is 15.6. The van der Waals surface area contributed by atoms with E-state index in [0.717, 1.165) is 5.38 Å². The van der Waals surface area contributed by atoms with E-state index >= 15 is 0 Å². The van der Waals surface area contributed by atoms with Gasteiger partial charge in [-0.15, -0.1) is 0 Å². The smallest absolute Gasteiger partial charge is 0.376 e. The predicted octanol–water partition coefficient (Wildman–Crippen LogP) is 1.32. The zero-order valence-corrected chi connectivity index (χ0v) is 9.23. The lowest BCUT2D eigenvalue weighted by molar-refractivity contribution is 0.130. The third kappa shape index (κ3) is 3.57. The Kier molecular flexibility index (Phi) is 6.26. The van der Waals surface area contributed by atoms with E-state index in [1.165, 1.54) is 0 Å². The average Bonchev–Trinajstić information content (AvgIpc) is 2.08. The van der Waals surface area contributed by atoms with Gasteiger partial charge < -0.3 is 13.3 Å². The van der Waals surface area contributed by atoms with Crippen molar-refractivity contribution in [3.8, 4) is 0 Å². The summed E-state index contributed by atoms with van der Waals surface area (Å²) in [7, 11) is 2.55. The Hall–Kier alpha value is 0.447.